The van der Waals surface area contributed by atoms with Gasteiger partial charge in [-0.05, 0) is 12.5 Å². The fraction of sp³-hybridized carbons (Fsp3) is 0.364. The zero-order chi connectivity index (χ0) is 13.1. The fourth-order valence-corrected chi connectivity index (χ4v) is 1.37. The average molecular weight is 248 g/mol. The molecule has 3 nitrogen and oxygen atoms in total. The Balaban J connectivity index is 2.94. The minimum Gasteiger partial charge on any atom is -0.480 e. The van der Waals surface area contributed by atoms with Gasteiger partial charge in [0.05, 0.1) is 0 Å². The molecule has 0 unspecified atom stereocenters. The average Bonchev–Trinajstić information content (AvgIpc) is 2.15. The Morgan fingerprint density at radius 3 is 2.59 bits per heavy atom. The van der Waals surface area contributed by atoms with Gasteiger partial charge in [0, 0.05) is 0 Å². The van der Waals surface area contributed by atoms with E-state index in [9.17, 15) is 18.0 Å². The molecule has 0 radical (unpaired) electrons. The highest BCUT2D eigenvalue weighted by atomic mass is 19.4. The van der Waals surface area contributed by atoms with Crippen molar-refractivity contribution in [2.45, 2.75) is 19.2 Å². The van der Waals surface area contributed by atoms with Crippen molar-refractivity contribution >= 4 is 5.97 Å². The van der Waals surface area contributed by atoms with Gasteiger partial charge in [-0.3, -0.25) is 0 Å². The van der Waals surface area contributed by atoms with Gasteiger partial charge in [0.2, 0.25) is 0 Å². The molecule has 1 N–H and O–H groups in total. The third-order valence-corrected chi connectivity index (χ3v) is 2.02. The van der Waals surface area contributed by atoms with Gasteiger partial charge in [-0.2, -0.15) is 13.2 Å². The molecule has 1 aromatic carbocycles. The number of hydrogen-bond acceptors (Lipinski definition) is 2. The van der Waals surface area contributed by atoms with E-state index in [0.29, 0.717) is 5.56 Å². The number of carboxylic acids is 1. The molecule has 0 fully saturated rings. The molecule has 0 saturated heterocycles. The van der Waals surface area contributed by atoms with Crippen LogP contribution < -0.4 is 0 Å². The summed E-state index contributed by atoms with van der Waals surface area (Å²) in [5.74, 6) is -1.44. The number of aliphatic carboxylic acids is 1. The standard InChI is InChI=1S/C11H11F3O3/c1-7-3-2-4-8(5-7)10(11(12,13)14)17-6-9(15)16/h2-5,10H,6H2,1H3,(H,15,16)/t10-/m1/s1. The lowest BCUT2D eigenvalue weighted by molar-refractivity contribution is -0.225. The minimum atomic E-state index is -4.64. The molecule has 0 heterocycles. The molecule has 0 aliphatic carbocycles. The molecule has 0 aliphatic rings. The molecular weight excluding hydrogens is 237 g/mol. The van der Waals surface area contributed by atoms with Crippen molar-refractivity contribution in [2.24, 2.45) is 0 Å². The number of halogens is 3. The molecule has 0 spiro atoms. The first-order valence-electron chi connectivity index (χ1n) is 4.77. The number of alkyl halides is 3. The zero-order valence-corrected chi connectivity index (χ0v) is 8.99. The van der Waals surface area contributed by atoms with E-state index in [1.54, 1.807) is 13.0 Å². The van der Waals surface area contributed by atoms with Crippen molar-refractivity contribution in [1.82, 2.24) is 0 Å². The third-order valence-electron chi connectivity index (χ3n) is 2.02. The van der Waals surface area contributed by atoms with E-state index >= 15 is 0 Å². The first-order chi connectivity index (χ1) is 7.80. The van der Waals surface area contributed by atoms with Crippen LogP contribution in [0.5, 0.6) is 0 Å². The summed E-state index contributed by atoms with van der Waals surface area (Å²) in [6.45, 7) is 0.659. The number of carbonyl (C=O) groups is 1. The molecule has 1 rings (SSSR count). The second-order valence-electron chi connectivity index (χ2n) is 3.54. The molecule has 0 bridgehead atoms. The van der Waals surface area contributed by atoms with Crippen molar-refractivity contribution in [1.29, 1.82) is 0 Å². The Morgan fingerprint density at radius 1 is 1.47 bits per heavy atom. The smallest absolute Gasteiger partial charge is 0.418 e. The summed E-state index contributed by atoms with van der Waals surface area (Å²) in [6.07, 6.45) is -6.85. The lowest BCUT2D eigenvalue weighted by atomic mass is 10.1. The number of carboxylic acid groups (broad SMARTS) is 1. The first kappa shape index (κ1) is 13.5. The van der Waals surface area contributed by atoms with Crippen LogP contribution in [-0.4, -0.2) is 23.9 Å². The summed E-state index contributed by atoms with van der Waals surface area (Å²) in [5.41, 5.74) is 0.550. The van der Waals surface area contributed by atoms with Crippen LogP contribution in [0.25, 0.3) is 0 Å². The molecule has 6 heteroatoms. The molecular formula is C11H11F3O3. The van der Waals surface area contributed by atoms with E-state index in [0.717, 1.165) is 0 Å². The van der Waals surface area contributed by atoms with Crippen LogP contribution in [0.3, 0.4) is 0 Å². The van der Waals surface area contributed by atoms with Gasteiger partial charge in [-0.1, -0.05) is 29.8 Å². The fourth-order valence-electron chi connectivity index (χ4n) is 1.37. The zero-order valence-electron chi connectivity index (χ0n) is 8.99. The van der Waals surface area contributed by atoms with Crippen LogP contribution in [-0.2, 0) is 9.53 Å². The Hall–Kier alpha value is -1.56. The maximum absolute atomic E-state index is 12.7. The van der Waals surface area contributed by atoms with Gasteiger partial charge >= 0.3 is 12.1 Å². The summed E-state index contributed by atoms with van der Waals surface area (Å²) in [5, 5.41) is 8.34. The second kappa shape index (κ2) is 5.18. The van der Waals surface area contributed by atoms with Gasteiger partial charge in [-0.15, -0.1) is 0 Å². The highest BCUT2D eigenvalue weighted by Crippen LogP contribution is 2.35. The predicted molar refractivity (Wildman–Crippen MR) is 53.6 cm³/mol. The van der Waals surface area contributed by atoms with E-state index in [1.165, 1.54) is 18.2 Å². The molecule has 0 aliphatic heterocycles. The maximum atomic E-state index is 12.7. The highest BCUT2D eigenvalue weighted by Gasteiger charge is 2.42. The van der Waals surface area contributed by atoms with Crippen LogP contribution >= 0.6 is 0 Å². The Kier molecular flexibility index (Phi) is 4.11. The van der Waals surface area contributed by atoms with E-state index in [2.05, 4.69) is 4.74 Å². The Morgan fingerprint density at radius 2 is 2.12 bits per heavy atom. The molecule has 1 atom stereocenters. The number of hydrogen-bond donors (Lipinski definition) is 1. The van der Waals surface area contributed by atoms with Gasteiger partial charge in [0.15, 0.2) is 6.10 Å². The molecule has 17 heavy (non-hydrogen) atoms. The molecule has 0 saturated carbocycles. The number of benzene rings is 1. The van der Waals surface area contributed by atoms with Crippen LogP contribution in [0, 0.1) is 6.92 Å². The van der Waals surface area contributed by atoms with Crippen molar-refractivity contribution < 1.29 is 27.8 Å². The minimum absolute atomic E-state index is 0.0984. The highest BCUT2D eigenvalue weighted by molar-refractivity contribution is 5.68. The number of rotatable bonds is 4. The summed E-state index contributed by atoms with van der Waals surface area (Å²) in [7, 11) is 0. The van der Waals surface area contributed by atoms with Crippen LogP contribution in [0.2, 0.25) is 0 Å². The summed E-state index contributed by atoms with van der Waals surface area (Å²) >= 11 is 0. The Bertz CT molecular complexity index is 401. The van der Waals surface area contributed by atoms with Crippen molar-refractivity contribution in [3.05, 3.63) is 35.4 Å². The third kappa shape index (κ3) is 4.07. The van der Waals surface area contributed by atoms with Gasteiger partial charge in [0.25, 0.3) is 0 Å². The van der Waals surface area contributed by atoms with E-state index in [1.807, 2.05) is 0 Å². The van der Waals surface area contributed by atoms with Crippen LogP contribution in [0.15, 0.2) is 24.3 Å². The lowest BCUT2D eigenvalue weighted by Crippen LogP contribution is -2.26. The molecule has 94 valence electrons. The monoisotopic (exact) mass is 248 g/mol. The van der Waals surface area contributed by atoms with E-state index in [-0.39, 0.29) is 5.56 Å². The SMILES string of the molecule is Cc1cccc([C@@H](OCC(=O)O)C(F)(F)F)c1. The number of aryl methyl sites for hydroxylation is 1. The molecule has 1 aromatic rings. The predicted octanol–water partition coefficient (Wildman–Crippen LogP) is 2.70. The van der Waals surface area contributed by atoms with E-state index in [4.69, 9.17) is 5.11 Å². The van der Waals surface area contributed by atoms with Crippen LogP contribution in [0.4, 0.5) is 13.2 Å². The molecule has 0 aromatic heterocycles. The van der Waals surface area contributed by atoms with Crippen molar-refractivity contribution in [3.8, 4) is 0 Å². The summed E-state index contributed by atoms with van der Waals surface area (Å²) in [6, 6.07) is 5.69. The normalized spacial score (nSPS) is 13.4. The van der Waals surface area contributed by atoms with E-state index < -0.39 is 24.9 Å². The second-order valence-corrected chi connectivity index (χ2v) is 3.54. The topological polar surface area (TPSA) is 46.5 Å². The van der Waals surface area contributed by atoms with Crippen molar-refractivity contribution in [3.63, 3.8) is 0 Å². The lowest BCUT2D eigenvalue weighted by Gasteiger charge is -2.20. The largest absolute Gasteiger partial charge is 0.480 e. The van der Waals surface area contributed by atoms with Gasteiger partial charge in [0.1, 0.15) is 6.61 Å². The van der Waals surface area contributed by atoms with Crippen molar-refractivity contribution in [2.75, 3.05) is 6.61 Å². The number of ether oxygens (including phenoxy) is 1. The first-order valence-corrected chi connectivity index (χ1v) is 4.77. The van der Waals surface area contributed by atoms with Gasteiger partial charge in [-0.25, -0.2) is 4.79 Å². The summed E-state index contributed by atoms with van der Waals surface area (Å²) < 4.78 is 42.4. The maximum Gasteiger partial charge on any atom is 0.418 e. The quantitative estimate of drug-likeness (QED) is 0.891. The van der Waals surface area contributed by atoms with Gasteiger partial charge < -0.3 is 9.84 Å². The molecule has 0 amide bonds. The van der Waals surface area contributed by atoms with Crippen LogP contribution in [0.1, 0.15) is 17.2 Å². The summed E-state index contributed by atoms with van der Waals surface area (Å²) in [4.78, 5) is 10.2. The Labute approximate surface area is 95.8 Å².